The van der Waals surface area contributed by atoms with Crippen LogP contribution >= 0.6 is 0 Å². The van der Waals surface area contributed by atoms with E-state index in [0.717, 1.165) is 0 Å². The third-order valence-electron chi connectivity index (χ3n) is 2.27. The minimum Gasteiger partial charge on any atom is -0.469 e. The van der Waals surface area contributed by atoms with Gasteiger partial charge in [0.1, 0.15) is 5.60 Å². The molecule has 2 N–H and O–H groups in total. The van der Waals surface area contributed by atoms with E-state index in [9.17, 15) is 9.90 Å². The second kappa shape index (κ2) is 5.29. The third kappa shape index (κ3) is 3.61. The first-order chi connectivity index (χ1) is 6.66. The molecule has 0 spiro atoms. The van der Waals surface area contributed by atoms with Gasteiger partial charge in [-0.15, -0.1) is 0 Å². The number of hydrogen-bond acceptors (Lipinski definition) is 5. The molecule has 0 bridgehead atoms. The van der Waals surface area contributed by atoms with Gasteiger partial charge >= 0.3 is 5.97 Å². The zero-order valence-electron chi connectivity index (χ0n) is 8.41. The summed E-state index contributed by atoms with van der Waals surface area (Å²) in [7, 11) is 1.36. The lowest BCUT2D eigenvalue weighted by Crippen LogP contribution is -2.41. The maximum atomic E-state index is 10.7. The van der Waals surface area contributed by atoms with E-state index in [2.05, 4.69) is 10.1 Å². The second-order valence-electron chi connectivity index (χ2n) is 3.53. The summed E-state index contributed by atoms with van der Waals surface area (Å²) in [5.74, 6) is -0.243. The highest BCUT2D eigenvalue weighted by Crippen LogP contribution is 2.16. The minimum absolute atomic E-state index is 0.243. The molecule has 5 nitrogen and oxygen atoms in total. The van der Waals surface area contributed by atoms with Gasteiger partial charge in [0.25, 0.3) is 0 Å². The van der Waals surface area contributed by atoms with Crippen LogP contribution in [0.4, 0.5) is 0 Å². The van der Waals surface area contributed by atoms with Gasteiger partial charge in [0.2, 0.25) is 0 Å². The van der Waals surface area contributed by atoms with E-state index in [1.807, 2.05) is 0 Å². The zero-order valence-corrected chi connectivity index (χ0v) is 8.41. The van der Waals surface area contributed by atoms with Crippen molar-refractivity contribution in [3.05, 3.63) is 0 Å². The number of esters is 1. The Balaban J connectivity index is 2.06. The molecule has 0 radical (unpaired) electrons. The predicted octanol–water partition coefficient (Wildman–Crippen LogP) is -0.709. The molecule has 82 valence electrons. The molecule has 0 aliphatic carbocycles. The Hall–Kier alpha value is -0.650. The van der Waals surface area contributed by atoms with Gasteiger partial charge in [-0.2, -0.15) is 0 Å². The molecule has 0 amide bonds. The number of carbonyl (C=O) groups is 1. The van der Waals surface area contributed by atoms with E-state index in [1.54, 1.807) is 0 Å². The van der Waals surface area contributed by atoms with Gasteiger partial charge in [-0.3, -0.25) is 4.79 Å². The lowest BCUT2D eigenvalue weighted by molar-refractivity contribution is -0.140. The molecule has 0 aromatic carbocycles. The van der Waals surface area contributed by atoms with E-state index in [4.69, 9.17) is 4.74 Å². The van der Waals surface area contributed by atoms with Crippen LogP contribution in [0.2, 0.25) is 0 Å². The van der Waals surface area contributed by atoms with Crippen molar-refractivity contribution in [2.24, 2.45) is 0 Å². The van der Waals surface area contributed by atoms with E-state index < -0.39 is 5.60 Å². The Morgan fingerprint density at radius 2 is 2.50 bits per heavy atom. The molecule has 14 heavy (non-hydrogen) atoms. The monoisotopic (exact) mass is 203 g/mol. The van der Waals surface area contributed by atoms with Gasteiger partial charge in [-0.1, -0.05) is 0 Å². The van der Waals surface area contributed by atoms with E-state index in [0.29, 0.717) is 39.1 Å². The van der Waals surface area contributed by atoms with Gasteiger partial charge < -0.3 is 19.9 Å². The Kier molecular flexibility index (Phi) is 4.31. The fourth-order valence-electron chi connectivity index (χ4n) is 1.35. The number of methoxy groups -OCH3 is 1. The standard InChI is InChI=1S/C9H17NO4/c1-13-8(11)2-4-10-6-9(12)3-5-14-7-9/h10,12H,2-7H2,1H3. The maximum absolute atomic E-state index is 10.7. The van der Waals surface area contributed by atoms with Crippen molar-refractivity contribution >= 4 is 5.97 Å². The lowest BCUT2D eigenvalue weighted by atomic mass is 10.0. The Morgan fingerprint density at radius 1 is 1.71 bits per heavy atom. The van der Waals surface area contributed by atoms with Crippen molar-refractivity contribution in [3.8, 4) is 0 Å². The molecule has 1 atom stereocenters. The maximum Gasteiger partial charge on any atom is 0.306 e. The van der Waals surface area contributed by atoms with Gasteiger partial charge in [0.05, 0.1) is 20.1 Å². The molecule has 1 aliphatic heterocycles. The smallest absolute Gasteiger partial charge is 0.306 e. The number of carbonyl (C=O) groups excluding carboxylic acids is 1. The normalized spacial score (nSPS) is 26.4. The van der Waals surface area contributed by atoms with E-state index in [1.165, 1.54) is 7.11 Å². The zero-order chi connectivity index (χ0) is 10.4. The molecule has 1 heterocycles. The van der Waals surface area contributed by atoms with E-state index >= 15 is 0 Å². The predicted molar refractivity (Wildman–Crippen MR) is 49.9 cm³/mol. The first-order valence-electron chi connectivity index (χ1n) is 4.74. The van der Waals surface area contributed by atoms with Crippen LogP contribution in [0.25, 0.3) is 0 Å². The van der Waals surface area contributed by atoms with E-state index in [-0.39, 0.29) is 5.97 Å². The van der Waals surface area contributed by atoms with Crippen molar-refractivity contribution in [1.29, 1.82) is 0 Å². The number of hydrogen-bond donors (Lipinski definition) is 2. The molecule has 0 aromatic heterocycles. The largest absolute Gasteiger partial charge is 0.469 e. The average Bonchev–Trinajstić information content (AvgIpc) is 2.60. The highest BCUT2D eigenvalue weighted by Gasteiger charge is 2.31. The molecular formula is C9H17NO4. The molecule has 0 saturated carbocycles. The summed E-state index contributed by atoms with van der Waals surface area (Å²) in [4.78, 5) is 10.7. The summed E-state index contributed by atoms with van der Waals surface area (Å²) in [5.41, 5.74) is -0.754. The van der Waals surface area contributed by atoms with Crippen molar-refractivity contribution < 1.29 is 19.4 Å². The van der Waals surface area contributed by atoms with Crippen molar-refractivity contribution in [2.45, 2.75) is 18.4 Å². The van der Waals surface area contributed by atoms with Crippen LogP contribution in [0, 0.1) is 0 Å². The van der Waals surface area contributed by atoms with Gasteiger partial charge in [-0.25, -0.2) is 0 Å². The molecule has 5 heteroatoms. The molecule has 1 saturated heterocycles. The Bertz CT molecular complexity index is 189. The first-order valence-corrected chi connectivity index (χ1v) is 4.74. The minimum atomic E-state index is -0.754. The highest BCUT2D eigenvalue weighted by molar-refractivity contribution is 5.69. The number of ether oxygens (including phenoxy) is 2. The fraction of sp³-hybridized carbons (Fsp3) is 0.889. The van der Waals surface area contributed by atoms with Crippen LogP contribution in [0.15, 0.2) is 0 Å². The molecule has 1 fully saturated rings. The van der Waals surface area contributed by atoms with Crippen LogP contribution < -0.4 is 5.32 Å². The molecule has 1 aliphatic rings. The van der Waals surface area contributed by atoms with Gasteiger partial charge in [0.15, 0.2) is 0 Å². The van der Waals surface area contributed by atoms with Crippen molar-refractivity contribution in [2.75, 3.05) is 33.4 Å². The van der Waals surface area contributed by atoms with Crippen LogP contribution in [0.5, 0.6) is 0 Å². The number of nitrogens with one attached hydrogen (secondary N) is 1. The summed E-state index contributed by atoms with van der Waals surface area (Å²) in [5, 5.41) is 12.8. The molecular weight excluding hydrogens is 186 g/mol. The highest BCUT2D eigenvalue weighted by atomic mass is 16.5. The summed E-state index contributed by atoms with van der Waals surface area (Å²) >= 11 is 0. The third-order valence-corrected chi connectivity index (χ3v) is 2.27. The Morgan fingerprint density at radius 3 is 3.07 bits per heavy atom. The topological polar surface area (TPSA) is 67.8 Å². The molecule has 1 rings (SSSR count). The van der Waals surface area contributed by atoms with Crippen LogP contribution in [-0.2, 0) is 14.3 Å². The molecule has 0 aromatic rings. The van der Waals surface area contributed by atoms with Crippen LogP contribution in [0.3, 0.4) is 0 Å². The Labute approximate surface area is 83.4 Å². The van der Waals surface area contributed by atoms with Crippen molar-refractivity contribution in [1.82, 2.24) is 5.32 Å². The van der Waals surface area contributed by atoms with Crippen molar-refractivity contribution in [3.63, 3.8) is 0 Å². The summed E-state index contributed by atoms with van der Waals surface area (Å²) in [6.07, 6.45) is 0.978. The second-order valence-corrected chi connectivity index (χ2v) is 3.53. The molecule has 1 unspecified atom stereocenters. The SMILES string of the molecule is COC(=O)CCNCC1(O)CCOC1. The lowest BCUT2D eigenvalue weighted by Gasteiger charge is -2.20. The quantitative estimate of drug-likeness (QED) is 0.456. The van der Waals surface area contributed by atoms with Gasteiger partial charge in [-0.05, 0) is 0 Å². The summed E-state index contributed by atoms with van der Waals surface area (Å²) < 4.78 is 9.56. The summed E-state index contributed by atoms with van der Waals surface area (Å²) in [6.45, 7) is 1.96. The first kappa shape index (κ1) is 11.4. The van der Waals surface area contributed by atoms with Crippen LogP contribution in [-0.4, -0.2) is 50.1 Å². The summed E-state index contributed by atoms with van der Waals surface area (Å²) in [6, 6.07) is 0. The van der Waals surface area contributed by atoms with Crippen LogP contribution in [0.1, 0.15) is 12.8 Å². The average molecular weight is 203 g/mol. The van der Waals surface area contributed by atoms with Gasteiger partial charge in [0, 0.05) is 26.1 Å². The fourth-order valence-corrected chi connectivity index (χ4v) is 1.35. The number of rotatable bonds is 5. The number of aliphatic hydroxyl groups is 1.